The van der Waals surface area contributed by atoms with Gasteiger partial charge in [-0.2, -0.15) is 5.10 Å². The molecule has 7 nitrogen and oxygen atoms in total. The SMILES string of the molecule is COc1cccc(-c2ccc3nc(NC(=O)NCc4ccccc4)cn3n2)c1. The fourth-order valence-corrected chi connectivity index (χ4v) is 2.82. The number of imidazole rings is 1. The number of fused-ring (bicyclic) bond motifs is 1. The predicted octanol–water partition coefficient (Wildman–Crippen LogP) is 3.73. The van der Waals surface area contributed by atoms with Gasteiger partial charge in [0.15, 0.2) is 11.5 Å². The minimum atomic E-state index is -0.319. The lowest BCUT2D eigenvalue weighted by atomic mass is 10.1. The van der Waals surface area contributed by atoms with Crippen LogP contribution in [0.15, 0.2) is 72.9 Å². The van der Waals surface area contributed by atoms with Crippen molar-refractivity contribution in [3.8, 4) is 17.0 Å². The molecule has 140 valence electrons. The Hall–Kier alpha value is -3.87. The number of urea groups is 1. The summed E-state index contributed by atoms with van der Waals surface area (Å²) in [5.41, 5.74) is 3.39. The van der Waals surface area contributed by atoms with Gasteiger partial charge < -0.3 is 10.1 Å². The van der Waals surface area contributed by atoms with Crippen molar-refractivity contribution in [2.24, 2.45) is 0 Å². The summed E-state index contributed by atoms with van der Waals surface area (Å²) in [5, 5.41) is 10.1. The third-order valence-electron chi connectivity index (χ3n) is 4.22. The number of carbonyl (C=O) groups is 1. The van der Waals surface area contributed by atoms with Crippen LogP contribution < -0.4 is 15.4 Å². The Morgan fingerprint density at radius 2 is 1.93 bits per heavy atom. The van der Waals surface area contributed by atoms with Crippen molar-refractivity contribution in [2.45, 2.75) is 6.54 Å². The fraction of sp³-hybridized carbons (Fsp3) is 0.0952. The smallest absolute Gasteiger partial charge is 0.320 e. The third-order valence-corrected chi connectivity index (χ3v) is 4.22. The van der Waals surface area contributed by atoms with Gasteiger partial charge in [-0.15, -0.1) is 0 Å². The predicted molar refractivity (Wildman–Crippen MR) is 107 cm³/mol. The van der Waals surface area contributed by atoms with Gasteiger partial charge in [0.25, 0.3) is 0 Å². The molecule has 0 saturated carbocycles. The quantitative estimate of drug-likeness (QED) is 0.559. The summed E-state index contributed by atoms with van der Waals surface area (Å²) in [6.45, 7) is 0.443. The van der Waals surface area contributed by atoms with E-state index in [9.17, 15) is 4.79 Å². The lowest BCUT2D eigenvalue weighted by Gasteiger charge is -2.05. The van der Waals surface area contributed by atoms with Crippen LogP contribution in [0.3, 0.4) is 0 Å². The summed E-state index contributed by atoms with van der Waals surface area (Å²) in [5.74, 6) is 1.20. The average molecular weight is 373 g/mol. The first-order chi connectivity index (χ1) is 13.7. The molecule has 2 amide bonds. The van der Waals surface area contributed by atoms with E-state index < -0.39 is 0 Å². The minimum Gasteiger partial charge on any atom is -0.497 e. The van der Waals surface area contributed by atoms with Crippen molar-refractivity contribution < 1.29 is 9.53 Å². The molecule has 4 rings (SSSR count). The van der Waals surface area contributed by atoms with E-state index in [0.29, 0.717) is 18.0 Å². The number of nitrogens with zero attached hydrogens (tertiary/aromatic N) is 3. The summed E-state index contributed by atoms with van der Waals surface area (Å²) < 4.78 is 6.91. The Labute approximate surface area is 162 Å². The van der Waals surface area contributed by atoms with Gasteiger partial charge >= 0.3 is 6.03 Å². The molecule has 0 aliphatic carbocycles. The summed E-state index contributed by atoms with van der Waals surface area (Å²) in [4.78, 5) is 16.5. The number of amides is 2. The van der Waals surface area contributed by atoms with Gasteiger partial charge in [0.2, 0.25) is 0 Å². The molecule has 0 fully saturated rings. The van der Waals surface area contributed by atoms with Crippen LogP contribution >= 0.6 is 0 Å². The summed E-state index contributed by atoms with van der Waals surface area (Å²) in [6.07, 6.45) is 1.68. The average Bonchev–Trinajstić information content (AvgIpc) is 3.14. The van der Waals surface area contributed by atoms with E-state index in [2.05, 4.69) is 20.7 Å². The number of rotatable bonds is 5. The lowest BCUT2D eigenvalue weighted by Crippen LogP contribution is -2.28. The van der Waals surface area contributed by atoms with Crippen LogP contribution in [0.25, 0.3) is 16.9 Å². The van der Waals surface area contributed by atoms with Gasteiger partial charge in [0.05, 0.1) is 19.0 Å². The summed E-state index contributed by atoms with van der Waals surface area (Å²) in [7, 11) is 1.63. The fourth-order valence-electron chi connectivity index (χ4n) is 2.82. The molecule has 2 aromatic carbocycles. The molecule has 0 radical (unpaired) electrons. The van der Waals surface area contributed by atoms with Crippen molar-refractivity contribution in [2.75, 3.05) is 12.4 Å². The van der Waals surface area contributed by atoms with Crippen LogP contribution in [0.2, 0.25) is 0 Å². The van der Waals surface area contributed by atoms with Gasteiger partial charge in [-0.1, -0.05) is 42.5 Å². The zero-order chi connectivity index (χ0) is 19.3. The number of benzene rings is 2. The van der Waals surface area contributed by atoms with Gasteiger partial charge in [0.1, 0.15) is 5.75 Å². The molecular formula is C21H19N5O2. The molecule has 0 atom stereocenters. The molecule has 4 aromatic rings. The molecular weight excluding hydrogens is 354 g/mol. The molecule has 28 heavy (non-hydrogen) atoms. The van der Waals surface area contributed by atoms with E-state index in [1.165, 1.54) is 0 Å². The monoisotopic (exact) mass is 373 g/mol. The van der Waals surface area contributed by atoms with Gasteiger partial charge in [-0.25, -0.2) is 14.3 Å². The number of hydrogen-bond donors (Lipinski definition) is 2. The summed E-state index contributed by atoms with van der Waals surface area (Å²) >= 11 is 0. The first-order valence-electron chi connectivity index (χ1n) is 8.81. The Morgan fingerprint density at radius 3 is 2.75 bits per heavy atom. The normalized spacial score (nSPS) is 10.6. The van der Waals surface area contributed by atoms with E-state index in [0.717, 1.165) is 22.6 Å². The third kappa shape index (κ3) is 3.93. The van der Waals surface area contributed by atoms with Crippen LogP contribution in [0, 0.1) is 0 Å². The number of anilines is 1. The van der Waals surface area contributed by atoms with Crippen LogP contribution in [-0.2, 0) is 6.54 Å². The number of ether oxygens (including phenoxy) is 1. The first kappa shape index (κ1) is 17.5. The van der Waals surface area contributed by atoms with Crippen molar-refractivity contribution in [3.05, 3.63) is 78.5 Å². The lowest BCUT2D eigenvalue weighted by molar-refractivity contribution is 0.251. The molecule has 2 heterocycles. The molecule has 0 aliphatic heterocycles. The maximum atomic E-state index is 12.1. The molecule has 2 N–H and O–H groups in total. The van der Waals surface area contributed by atoms with E-state index >= 15 is 0 Å². The number of aromatic nitrogens is 3. The Morgan fingerprint density at radius 1 is 1.07 bits per heavy atom. The van der Waals surface area contributed by atoms with Crippen LogP contribution in [0.1, 0.15) is 5.56 Å². The number of methoxy groups -OCH3 is 1. The summed E-state index contributed by atoms with van der Waals surface area (Å²) in [6, 6.07) is 20.8. The molecule has 0 saturated heterocycles. The second-order valence-corrected chi connectivity index (χ2v) is 6.17. The van der Waals surface area contributed by atoms with E-state index in [1.807, 2.05) is 66.7 Å². The van der Waals surface area contributed by atoms with E-state index in [1.54, 1.807) is 17.8 Å². The molecule has 0 aliphatic rings. The van der Waals surface area contributed by atoms with E-state index in [-0.39, 0.29) is 6.03 Å². The van der Waals surface area contributed by atoms with Crippen molar-refractivity contribution in [1.29, 1.82) is 0 Å². The van der Waals surface area contributed by atoms with Crippen molar-refractivity contribution >= 4 is 17.5 Å². The standard InChI is InChI=1S/C21H19N5O2/c1-28-17-9-5-8-16(12-17)18-10-11-20-23-19(14-26(20)25-18)24-21(27)22-13-15-6-3-2-4-7-15/h2-12,14H,13H2,1H3,(H2,22,24,27). The first-order valence-corrected chi connectivity index (χ1v) is 8.81. The number of hydrogen-bond acceptors (Lipinski definition) is 4. The molecule has 0 spiro atoms. The maximum absolute atomic E-state index is 12.1. The second kappa shape index (κ2) is 7.79. The highest BCUT2D eigenvalue weighted by Crippen LogP contribution is 2.22. The van der Waals surface area contributed by atoms with Gasteiger partial charge in [-0.05, 0) is 29.8 Å². The van der Waals surface area contributed by atoms with Gasteiger partial charge in [0, 0.05) is 12.1 Å². The van der Waals surface area contributed by atoms with Crippen molar-refractivity contribution in [1.82, 2.24) is 19.9 Å². The van der Waals surface area contributed by atoms with Gasteiger partial charge in [-0.3, -0.25) is 5.32 Å². The topological polar surface area (TPSA) is 80.5 Å². The molecule has 2 aromatic heterocycles. The molecule has 0 unspecified atom stereocenters. The second-order valence-electron chi connectivity index (χ2n) is 6.17. The maximum Gasteiger partial charge on any atom is 0.320 e. The van der Waals surface area contributed by atoms with Crippen molar-refractivity contribution in [3.63, 3.8) is 0 Å². The number of nitrogens with one attached hydrogen (secondary N) is 2. The van der Waals surface area contributed by atoms with Crippen LogP contribution in [-0.4, -0.2) is 27.7 Å². The molecule has 0 bridgehead atoms. The van der Waals surface area contributed by atoms with Crippen LogP contribution in [0.4, 0.5) is 10.6 Å². The Balaban J connectivity index is 1.47. The largest absolute Gasteiger partial charge is 0.497 e. The van der Waals surface area contributed by atoms with Crippen LogP contribution in [0.5, 0.6) is 5.75 Å². The zero-order valence-electron chi connectivity index (χ0n) is 15.3. The highest BCUT2D eigenvalue weighted by atomic mass is 16.5. The Bertz CT molecular complexity index is 1110. The highest BCUT2D eigenvalue weighted by Gasteiger charge is 2.08. The zero-order valence-corrected chi connectivity index (χ0v) is 15.3. The highest BCUT2D eigenvalue weighted by molar-refractivity contribution is 5.88. The Kier molecular flexibility index (Phi) is 4.88. The minimum absolute atomic E-state index is 0.319. The van der Waals surface area contributed by atoms with E-state index in [4.69, 9.17) is 4.74 Å². The number of carbonyl (C=O) groups excluding carboxylic acids is 1. The molecule has 7 heteroatoms.